The highest BCUT2D eigenvalue weighted by molar-refractivity contribution is 5.93. The van der Waals surface area contributed by atoms with Crippen LogP contribution >= 0.6 is 0 Å². The lowest BCUT2D eigenvalue weighted by Crippen LogP contribution is -2.08. The highest BCUT2D eigenvalue weighted by Crippen LogP contribution is 2.43. The summed E-state index contributed by atoms with van der Waals surface area (Å²) in [5, 5.41) is 11.6. The van der Waals surface area contributed by atoms with E-state index in [9.17, 15) is 10.1 Å². The molecule has 144 valence electrons. The Hall–Kier alpha value is -4.18. The Morgan fingerprint density at radius 2 is 1.40 bits per heavy atom. The smallest absolute Gasteiger partial charge is 0.277 e. The average molecular weight is 390 g/mol. The Labute approximate surface area is 174 Å². The summed E-state index contributed by atoms with van der Waals surface area (Å²) in [4.78, 5) is 13.4. The van der Waals surface area contributed by atoms with Gasteiger partial charge in [-0.25, -0.2) is 0 Å². The van der Waals surface area contributed by atoms with Crippen LogP contribution < -0.4 is 4.90 Å². The summed E-state index contributed by atoms with van der Waals surface area (Å²) < 4.78 is 0. The topological polar surface area (TPSA) is 46.4 Å². The molecule has 1 aliphatic rings. The molecule has 0 aromatic heterocycles. The van der Waals surface area contributed by atoms with Gasteiger partial charge in [0.25, 0.3) is 5.69 Å². The highest BCUT2D eigenvalue weighted by atomic mass is 16.6. The first-order chi connectivity index (χ1) is 14.7. The molecule has 0 saturated carbocycles. The number of fused-ring (bicyclic) bond motifs is 3. The third-order valence-electron chi connectivity index (χ3n) is 5.36. The van der Waals surface area contributed by atoms with E-state index >= 15 is 0 Å². The second-order valence-corrected chi connectivity index (χ2v) is 7.11. The number of nitrogens with zero attached hydrogens (tertiary/aromatic N) is 2. The van der Waals surface area contributed by atoms with Gasteiger partial charge in [0.05, 0.1) is 16.2 Å². The Balaban J connectivity index is 1.75. The zero-order chi connectivity index (χ0) is 20.5. The number of para-hydroxylation sites is 2. The minimum absolute atomic E-state index is 0.109. The van der Waals surface area contributed by atoms with Gasteiger partial charge in [0.15, 0.2) is 0 Å². The molecule has 1 heterocycles. The van der Waals surface area contributed by atoms with Gasteiger partial charge in [-0.3, -0.25) is 10.1 Å². The molecule has 4 nitrogen and oxygen atoms in total. The number of rotatable bonds is 3. The van der Waals surface area contributed by atoms with E-state index in [1.807, 2.05) is 48.5 Å². The molecule has 0 N–H and O–H groups in total. The molecule has 0 spiro atoms. The van der Waals surface area contributed by atoms with Crippen molar-refractivity contribution in [2.45, 2.75) is 0 Å². The quantitative estimate of drug-likeness (QED) is 0.278. The molecule has 0 unspecified atom stereocenters. The lowest BCUT2D eigenvalue weighted by atomic mass is 9.94. The normalized spacial score (nSPS) is 12.1. The van der Waals surface area contributed by atoms with Crippen LogP contribution in [0.1, 0.15) is 5.56 Å². The van der Waals surface area contributed by atoms with Crippen molar-refractivity contribution < 1.29 is 4.92 Å². The molecule has 5 rings (SSSR count). The third kappa shape index (κ3) is 3.05. The molecule has 0 bridgehead atoms. The molecule has 4 aromatic carbocycles. The zero-order valence-electron chi connectivity index (χ0n) is 16.1. The van der Waals surface area contributed by atoms with E-state index in [1.54, 1.807) is 18.2 Å². The summed E-state index contributed by atoms with van der Waals surface area (Å²) in [5.41, 5.74) is 6.88. The molecule has 0 aliphatic carbocycles. The van der Waals surface area contributed by atoms with Crippen molar-refractivity contribution in [2.75, 3.05) is 4.90 Å². The fourth-order valence-electron chi connectivity index (χ4n) is 3.94. The van der Waals surface area contributed by atoms with Crippen molar-refractivity contribution in [3.8, 4) is 22.3 Å². The van der Waals surface area contributed by atoms with Crippen LogP contribution in [0.25, 0.3) is 28.3 Å². The number of benzene rings is 4. The molecule has 30 heavy (non-hydrogen) atoms. The van der Waals surface area contributed by atoms with Gasteiger partial charge in [-0.2, -0.15) is 0 Å². The molecular formula is C26H18N2O2. The van der Waals surface area contributed by atoms with Crippen molar-refractivity contribution in [3.05, 3.63) is 119 Å². The molecule has 0 atom stereocenters. The largest absolute Gasteiger partial charge is 0.317 e. The van der Waals surface area contributed by atoms with Crippen LogP contribution in [0.15, 0.2) is 103 Å². The van der Waals surface area contributed by atoms with Gasteiger partial charge in [-0.1, -0.05) is 60.7 Å². The van der Waals surface area contributed by atoms with Gasteiger partial charge in [-0.05, 0) is 53.1 Å². The summed E-state index contributed by atoms with van der Waals surface area (Å²) in [6, 6.07) is 31.3. The molecule has 4 aromatic rings. The summed E-state index contributed by atoms with van der Waals surface area (Å²) >= 11 is 0. The highest BCUT2D eigenvalue weighted by Gasteiger charge is 2.20. The Morgan fingerprint density at radius 3 is 2.20 bits per heavy atom. The van der Waals surface area contributed by atoms with E-state index in [-0.39, 0.29) is 10.6 Å². The van der Waals surface area contributed by atoms with Crippen molar-refractivity contribution in [3.63, 3.8) is 0 Å². The van der Waals surface area contributed by atoms with Gasteiger partial charge < -0.3 is 4.90 Å². The van der Waals surface area contributed by atoms with Crippen molar-refractivity contribution in [1.29, 1.82) is 0 Å². The molecule has 0 saturated heterocycles. The Morgan fingerprint density at radius 1 is 0.700 bits per heavy atom. The molecular weight excluding hydrogens is 372 g/mol. The van der Waals surface area contributed by atoms with Crippen molar-refractivity contribution >= 4 is 23.1 Å². The fourth-order valence-corrected chi connectivity index (χ4v) is 3.94. The van der Waals surface area contributed by atoms with E-state index in [0.29, 0.717) is 5.56 Å². The first kappa shape index (κ1) is 17.9. The summed E-state index contributed by atoms with van der Waals surface area (Å²) in [6.07, 6.45) is 4.18. The summed E-state index contributed by atoms with van der Waals surface area (Å²) in [6.45, 7) is 0. The van der Waals surface area contributed by atoms with Crippen LogP contribution in [-0.4, -0.2) is 4.92 Å². The average Bonchev–Trinajstić information content (AvgIpc) is 2.96. The third-order valence-corrected chi connectivity index (χ3v) is 5.36. The molecule has 0 radical (unpaired) electrons. The maximum Gasteiger partial charge on any atom is 0.277 e. The Bertz CT molecular complexity index is 1280. The predicted octanol–water partition coefficient (Wildman–Crippen LogP) is 7.05. The van der Waals surface area contributed by atoms with Crippen LogP contribution in [0.2, 0.25) is 0 Å². The number of nitro groups is 1. The fraction of sp³-hybridized carbons (Fsp3) is 0. The van der Waals surface area contributed by atoms with Crippen LogP contribution in [0, 0.1) is 10.1 Å². The van der Waals surface area contributed by atoms with Gasteiger partial charge in [0.1, 0.15) is 0 Å². The second-order valence-electron chi connectivity index (χ2n) is 7.11. The minimum atomic E-state index is -0.327. The first-order valence-corrected chi connectivity index (χ1v) is 9.72. The predicted molar refractivity (Wildman–Crippen MR) is 122 cm³/mol. The summed E-state index contributed by atoms with van der Waals surface area (Å²) in [7, 11) is 0. The lowest BCUT2D eigenvalue weighted by molar-refractivity contribution is -0.384. The van der Waals surface area contributed by atoms with Crippen LogP contribution in [0.4, 0.5) is 17.1 Å². The second kappa shape index (κ2) is 7.33. The Kier molecular flexibility index (Phi) is 4.37. The van der Waals surface area contributed by atoms with Gasteiger partial charge in [0.2, 0.25) is 0 Å². The van der Waals surface area contributed by atoms with E-state index in [1.165, 1.54) is 0 Å². The van der Waals surface area contributed by atoms with Gasteiger partial charge in [-0.15, -0.1) is 0 Å². The molecule has 0 fully saturated rings. The van der Waals surface area contributed by atoms with Crippen molar-refractivity contribution in [2.24, 2.45) is 0 Å². The number of anilines is 2. The number of nitro benzene ring substituents is 1. The van der Waals surface area contributed by atoms with Crippen LogP contribution in [-0.2, 0) is 0 Å². The monoisotopic (exact) mass is 390 g/mol. The maximum absolute atomic E-state index is 11.6. The SMILES string of the molecule is O=[N+]([O-])c1ccccc1-c1ccc2c(c1)-c1ccccc1C=CN2c1ccccc1. The number of hydrogen-bond donors (Lipinski definition) is 0. The van der Waals surface area contributed by atoms with Gasteiger partial charge >= 0.3 is 0 Å². The number of hydrogen-bond acceptors (Lipinski definition) is 3. The van der Waals surface area contributed by atoms with E-state index in [0.717, 1.165) is 33.6 Å². The minimum Gasteiger partial charge on any atom is -0.317 e. The first-order valence-electron chi connectivity index (χ1n) is 9.72. The van der Waals surface area contributed by atoms with Gasteiger partial charge in [0, 0.05) is 23.5 Å². The van der Waals surface area contributed by atoms with E-state index in [4.69, 9.17) is 0 Å². The summed E-state index contributed by atoms with van der Waals surface area (Å²) in [5.74, 6) is 0. The molecule has 4 heteroatoms. The molecule has 0 amide bonds. The lowest BCUT2D eigenvalue weighted by Gasteiger charge is -2.23. The standard InChI is InChI=1S/C26H18N2O2/c29-28(30)26-13-7-6-12-23(26)20-14-15-25-24(18-20)22-11-5-4-8-19(22)16-17-27(25)21-9-2-1-3-10-21/h1-18H. The van der Waals surface area contributed by atoms with E-state index < -0.39 is 0 Å². The maximum atomic E-state index is 11.6. The zero-order valence-corrected chi connectivity index (χ0v) is 16.1. The van der Waals surface area contributed by atoms with Crippen LogP contribution in [0.5, 0.6) is 0 Å². The van der Waals surface area contributed by atoms with E-state index in [2.05, 4.69) is 47.5 Å². The molecule has 1 aliphatic heterocycles. The van der Waals surface area contributed by atoms with Crippen LogP contribution in [0.3, 0.4) is 0 Å². The van der Waals surface area contributed by atoms with Crippen molar-refractivity contribution in [1.82, 2.24) is 0 Å².